The summed E-state index contributed by atoms with van der Waals surface area (Å²) in [6, 6.07) is 3.57. The second-order valence-corrected chi connectivity index (χ2v) is 9.41. The summed E-state index contributed by atoms with van der Waals surface area (Å²) in [5.41, 5.74) is -0.809. The zero-order chi connectivity index (χ0) is 19.9. The number of urea groups is 1. The van der Waals surface area contributed by atoms with Gasteiger partial charge in [0.25, 0.3) is 11.8 Å². The van der Waals surface area contributed by atoms with E-state index in [-0.39, 0.29) is 29.9 Å². The molecule has 1 aromatic heterocycles. The number of carbonyl (C=O) groups is 3. The Morgan fingerprint density at radius 1 is 1.32 bits per heavy atom. The number of amides is 4. The van der Waals surface area contributed by atoms with Gasteiger partial charge in [-0.25, -0.2) is 4.79 Å². The summed E-state index contributed by atoms with van der Waals surface area (Å²) in [7, 11) is 0. The number of carbonyl (C=O) groups excluding carboxylic acids is 3. The molecular formula is C20H27N3O4S. The van der Waals surface area contributed by atoms with E-state index in [2.05, 4.69) is 5.32 Å². The maximum absolute atomic E-state index is 13.0. The number of rotatable bonds is 4. The van der Waals surface area contributed by atoms with Gasteiger partial charge in [-0.1, -0.05) is 13.8 Å². The van der Waals surface area contributed by atoms with Crippen LogP contribution in [0.2, 0.25) is 0 Å². The van der Waals surface area contributed by atoms with E-state index in [1.807, 2.05) is 26.0 Å². The minimum atomic E-state index is -0.809. The smallest absolute Gasteiger partial charge is 0.325 e. The number of nitrogens with one attached hydrogen (secondary N) is 1. The molecule has 4 amide bonds. The van der Waals surface area contributed by atoms with E-state index < -0.39 is 5.54 Å². The first-order chi connectivity index (χ1) is 13.4. The number of piperidine rings is 1. The summed E-state index contributed by atoms with van der Waals surface area (Å²) in [6.45, 7) is 6.34. The molecule has 1 N–H and O–H groups in total. The predicted molar refractivity (Wildman–Crippen MR) is 105 cm³/mol. The molecule has 7 nitrogen and oxygen atoms in total. The normalized spacial score (nSPS) is 24.5. The highest BCUT2D eigenvalue weighted by molar-refractivity contribution is 7.14. The number of thiophene rings is 1. The van der Waals surface area contributed by atoms with E-state index in [4.69, 9.17) is 4.74 Å². The maximum atomic E-state index is 13.0. The highest BCUT2D eigenvalue weighted by Crippen LogP contribution is 2.36. The van der Waals surface area contributed by atoms with Gasteiger partial charge in [0, 0.05) is 31.1 Å². The molecule has 3 aliphatic heterocycles. The summed E-state index contributed by atoms with van der Waals surface area (Å²) < 4.78 is 5.71. The van der Waals surface area contributed by atoms with E-state index >= 15 is 0 Å². The van der Waals surface area contributed by atoms with Crippen LogP contribution in [0.15, 0.2) is 12.1 Å². The van der Waals surface area contributed by atoms with Crippen LogP contribution in [-0.4, -0.2) is 59.4 Å². The summed E-state index contributed by atoms with van der Waals surface area (Å²) in [6.07, 6.45) is 3.15. The molecule has 0 bridgehead atoms. The third-order valence-corrected chi connectivity index (χ3v) is 7.08. The van der Waals surface area contributed by atoms with Crippen molar-refractivity contribution in [3.8, 4) is 0 Å². The summed E-state index contributed by atoms with van der Waals surface area (Å²) in [4.78, 5) is 43.1. The average molecular weight is 406 g/mol. The van der Waals surface area contributed by atoms with Gasteiger partial charge in [0.05, 0.1) is 11.0 Å². The van der Waals surface area contributed by atoms with Crippen LogP contribution in [0, 0.1) is 5.92 Å². The second-order valence-electron chi connectivity index (χ2n) is 8.29. The molecule has 1 spiro atoms. The van der Waals surface area contributed by atoms with E-state index in [0.29, 0.717) is 37.4 Å². The van der Waals surface area contributed by atoms with Gasteiger partial charge in [0.15, 0.2) is 0 Å². The molecule has 0 saturated carbocycles. The quantitative estimate of drug-likeness (QED) is 0.782. The molecule has 0 radical (unpaired) electrons. The van der Waals surface area contributed by atoms with Crippen LogP contribution >= 0.6 is 11.3 Å². The topological polar surface area (TPSA) is 79.0 Å². The van der Waals surface area contributed by atoms with Crippen LogP contribution in [0.25, 0.3) is 0 Å². The molecule has 1 aromatic rings. The number of ether oxygens (including phenoxy) is 1. The van der Waals surface area contributed by atoms with Crippen LogP contribution in [0.1, 0.15) is 60.2 Å². The highest BCUT2D eigenvalue weighted by Gasteiger charge is 2.54. The van der Waals surface area contributed by atoms with Crippen LogP contribution in [0.5, 0.6) is 0 Å². The highest BCUT2D eigenvalue weighted by atomic mass is 32.1. The Bertz CT molecular complexity index is 776. The molecule has 28 heavy (non-hydrogen) atoms. The summed E-state index contributed by atoms with van der Waals surface area (Å²) >= 11 is 1.51. The number of imide groups is 1. The summed E-state index contributed by atoms with van der Waals surface area (Å²) in [5.74, 6) is 0.0572. The first kappa shape index (κ1) is 19.4. The van der Waals surface area contributed by atoms with Gasteiger partial charge in [-0.05, 0) is 43.7 Å². The molecule has 4 heterocycles. The Morgan fingerprint density at radius 2 is 2.07 bits per heavy atom. The lowest BCUT2D eigenvalue weighted by Gasteiger charge is -2.42. The van der Waals surface area contributed by atoms with Crippen molar-refractivity contribution in [1.29, 1.82) is 0 Å². The SMILES string of the molecule is CC(C)CN1C(=O)NC(=O)C12CCN(C(=O)c1ccc(C3CCCO3)s1)CC2. The van der Waals surface area contributed by atoms with Crippen molar-refractivity contribution in [3.63, 3.8) is 0 Å². The minimum Gasteiger partial charge on any atom is -0.373 e. The Kier molecular flexibility index (Phi) is 5.18. The van der Waals surface area contributed by atoms with Crippen molar-refractivity contribution >= 4 is 29.2 Å². The number of hydrogen-bond acceptors (Lipinski definition) is 5. The van der Waals surface area contributed by atoms with Crippen LogP contribution in [-0.2, 0) is 9.53 Å². The molecule has 4 rings (SSSR count). The predicted octanol–water partition coefficient (Wildman–Crippen LogP) is 2.78. The van der Waals surface area contributed by atoms with Gasteiger partial charge >= 0.3 is 6.03 Å². The Morgan fingerprint density at radius 3 is 2.71 bits per heavy atom. The van der Waals surface area contributed by atoms with Crippen LogP contribution in [0.3, 0.4) is 0 Å². The molecule has 8 heteroatoms. The number of likely N-dealkylation sites (tertiary alicyclic amines) is 1. The van der Waals surface area contributed by atoms with Crippen molar-refractivity contribution < 1.29 is 19.1 Å². The largest absolute Gasteiger partial charge is 0.373 e. The van der Waals surface area contributed by atoms with Gasteiger partial charge in [0.1, 0.15) is 5.54 Å². The molecule has 0 aliphatic carbocycles. The lowest BCUT2D eigenvalue weighted by atomic mass is 9.85. The summed E-state index contributed by atoms with van der Waals surface area (Å²) in [5, 5.41) is 2.48. The maximum Gasteiger partial charge on any atom is 0.325 e. The van der Waals surface area contributed by atoms with Crippen molar-refractivity contribution in [2.24, 2.45) is 5.92 Å². The van der Waals surface area contributed by atoms with Gasteiger partial charge in [0.2, 0.25) is 0 Å². The van der Waals surface area contributed by atoms with E-state index in [0.717, 1.165) is 24.3 Å². The molecule has 0 aromatic carbocycles. The lowest BCUT2D eigenvalue weighted by molar-refractivity contribution is -0.129. The lowest BCUT2D eigenvalue weighted by Crippen LogP contribution is -2.57. The van der Waals surface area contributed by atoms with Crippen molar-refractivity contribution in [3.05, 3.63) is 21.9 Å². The molecule has 1 atom stereocenters. The fraction of sp³-hybridized carbons (Fsp3) is 0.650. The van der Waals surface area contributed by atoms with Crippen molar-refractivity contribution in [2.75, 3.05) is 26.2 Å². The fourth-order valence-corrected chi connectivity index (χ4v) is 5.46. The van der Waals surface area contributed by atoms with E-state index in [1.54, 1.807) is 9.80 Å². The third kappa shape index (κ3) is 3.33. The van der Waals surface area contributed by atoms with Gasteiger partial charge in [-0.2, -0.15) is 0 Å². The fourth-order valence-electron chi connectivity index (χ4n) is 4.40. The van der Waals surface area contributed by atoms with Crippen LogP contribution < -0.4 is 5.32 Å². The molecule has 3 fully saturated rings. The van der Waals surface area contributed by atoms with Gasteiger partial charge < -0.3 is 14.5 Å². The minimum absolute atomic E-state index is 0.00392. The third-order valence-electron chi connectivity index (χ3n) is 5.92. The zero-order valence-electron chi connectivity index (χ0n) is 16.4. The molecule has 3 saturated heterocycles. The van der Waals surface area contributed by atoms with Crippen LogP contribution in [0.4, 0.5) is 4.79 Å². The van der Waals surface area contributed by atoms with E-state index in [9.17, 15) is 14.4 Å². The Balaban J connectivity index is 1.44. The Hall–Kier alpha value is -1.93. The number of nitrogens with zero attached hydrogens (tertiary/aromatic N) is 2. The monoisotopic (exact) mass is 405 g/mol. The Labute approximate surface area is 169 Å². The van der Waals surface area contributed by atoms with Crippen molar-refractivity contribution in [2.45, 2.75) is 51.2 Å². The van der Waals surface area contributed by atoms with E-state index in [1.165, 1.54) is 11.3 Å². The van der Waals surface area contributed by atoms with Gasteiger partial charge in [-0.3, -0.25) is 14.9 Å². The van der Waals surface area contributed by atoms with Crippen molar-refractivity contribution in [1.82, 2.24) is 15.1 Å². The molecule has 3 aliphatic rings. The molecule has 1 unspecified atom stereocenters. The standard InChI is InChI=1S/C20H27N3O4S/c1-13(2)12-23-19(26)21-18(25)20(23)7-9-22(10-8-20)17(24)16-6-5-15(28-16)14-4-3-11-27-14/h5-6,13-14H,3-4,7-12H2,1-2H3,(H,21,25,26). The first-order valence-corrected chi connectivity index (χ1v) is 10.9. The molecular weight excluding hydrogens is 378 g/mol. The average Bonchev–Trinajstić information content (AvgIpc) is 3.39. The molecule has 152 valence electrons. The van der Waals surface area contributed by atoms with Gasteiger partial charge in [-0.15, -0.1) is 11.3 Å². The second kappa shape index (κ2) is 7.48. The first-order valence-electron chi connectivity index (χ1n) is 10.0. The zero-order valence-corrected chi connectivity index (χ0v) is 17.2. The number of hydrogen-bond donors (Lipinski definition) is 1.